The molecule has 8 heteroatoms. The van der Waals surface area contributed by atoms with Crippen molar-refractivity contribution < 1.29 is 4.74 Å². The number of aryl methyl sites for hydroxylation is 1. The van der Waals surface area contributed by atoms with Crippen LogP contribution in [0.4, 0.5) is 0 Å². The van der Waals surface area contributed by atoms with Gasteiger partial charge in [-0.15, -0.1) is 0 Å². The number of nitriles is 1. The molecule has 25 heavy (non-hydrogen) atoms. The van der Waals surface area contributed by atoms with Crippen molar-refractivity contribution in [2.24, 2.45) is 0 Å². The number of nitrogens with zero attached hydrogens (tertiary/aromatic N) is 6. The van der Waals surface area contributed by atoms with E-state index < -0.39 is 0 Å². The van der Waals surface area contributed by atoms with Crippen LogP contribution in [0.15, 0.2) is 24.5 Å². The van der Waals surface area contributed by atoms with E-state index in [4.69, 9.17) is 10.00 Å². The molecule has 0 aliphatic carbocycles. The maximum absolute atomic E-state index is 9.08. The van der Waals surface area contributed by atoms with Crippen LogP contribution in [0.2, 0.25) is 0 Å². The first-order valence-electron chi connectivity index (χ1n) is 8.13. The summed E-state index contributed by atoms with van der Waals surface area (Å²) in [6.07, 6.45) is 5.45. The van der Waals surface area contributed by atoms with Gasteiger partial charge >= 0.3 is 0 Å². The lowest BCUT2D eigenvalue weighted by Crippen LogP contribution is -2.24. The number of fused-ring (bicyclic) bond motifs is 4. The van der Waals surface area contributed by atoms with Crippen molar-refractivity contribution in [1.82, 2.24) is 29.3 Å². The third-order valence-electron chi connectivity index (χ3n) is 4.84. The van der Waals surface area contributed by atoms with Gasteiger partial charge in [0.2, 0.25) is 0 Å². The first-order chi connectivity index (χ1) is 12.3. The molecule has 4 aromatic rings. The van der Waals surface area contributed by atoms with Crippen molar-refractivity contribution in [2.45, 2.75) is 25.4 Å². The van der Waals surface area contributed by atoms with Crippen LogP contribution in [0.25, 0.3) is 22.1 Å². The molecule has 5 rings (SSSR count). The number of hydrogen-bond acceptors (Lipinski definition) is 5. The van der Waals surface area contributed by atoms with Crippen LogP contribution in [-0.2, 0) is 13.0 Å². The number of H-pyrrole nitrogens is 1. The summed E-state index contributed by atoms with van der Waals surface area (Å²) in [5.41, 5.74) is 4.23. The maximum Gasteiger partial charge on any atom is 0.297 e. The number of nitrogens with one attached hydrogen (secondary N) is 1. The maximum atomic E-state index is 9.08. The molecule has 0 saturated heterocycles. The van der Waals surface area contributed by atoms with Gasteiger partial charge in [-0.25, -0.2) is 4.98 Å². The fourth-order valence-corrected chi connectivity index (χ4v) is 3.74. The van der Waals surface area contributed by atoms with E-state index in [0.29, 0.717) is 18.2 Å². The largest absolute Gasteiger partial charge is 0.468 e. The fraction of sp³-hybridized carbons (Fsp3) is 0.294. The summed E-state index contributed by atoms with van der Waals surface area (Å²) < 4.78 is 9.62. The standard InChI is InChI=1S/C17H15N7O/c1-25-17-21-14-8-20-16-13(4-5-19-16)15(14)24(17)12-3-2-11-6-10(7-18)22-23(11)9-12/h4-6,8,12H,2-3,9H2,1H3,(H,19,20)/t12-/m1/s1. The quantitative estimate of drug-likeness (QED) is 0.606. The van der Waals surface area contributed by atoms with Gasteiger partial charge in [0.25, 0.3) is 6.01 Å². The van der Waals surface area contributed by atoms with Gasteiger partial charge in [-0.3, -0.25) is 9.25 Å². The van der Waals surface area contributed by atoms with E-state index in [1.807, 2.05) is 23.0 Å². The second-order valence-electron chi connectivity index (χ2n) is 6.21. The highest BCUT2D eigenvalue weighted by Crippen LogP contribution is 2.35. The Morgan fingerprint density at radius 2 is 2.36 bits per heavy atom. The zero-order valence-electron chi connectivity index (χ0n) is 13.6. The Balaban J connectivity index is 1.69. The van der Waals surface area contributed by atoms with Crippen LogP contribution in [0, 0.1) is 11.3 Å². The Bertz CT molecular complexity index is 1140. The predicted molar refractivity (Wildman–Crippen MR) is 90.2 cm³/mol. The fourth-order valence-electron chi connectivity index (χ4n) is 3.74. The molecular weight excluding hydrogens is 318 g/mol. The minimum Gasteiger partial charge on any atom is -0.468 e. The molecule has 1 N–H and O–H groups in total. The highest BCUT2D eigenvalue weighted by atomic mass is 16.5. The van der Waals surface area contributed by atoms with Crippen molar-refractivity contribution in [3.05, 3.63) is 35.9 Å². The Hall–Kier alpha value is -3.34. The molecule has 0 spiro atoms. The minimum absolute atomic E-state index is 0.152. The van der Waals surface area contributed by atoms with E-state index in [-0.39, 0.29) is 6.04 Å². The van der Waals surface area contributed by atoms with Gasteiger partial charge in [0.05, 0.1) is 31.4 Å². The molecule has 1 aliphatic heterocycles. The lowest BCUT2D eigenvalue weighted by molar-refractivity contribution is 0.294. The first-order valence-corrected chi connectivity index (χ1v) is 8.13. The molecule has 8 nitrogen and oxygen atoms in total. The monoisotopic (exact) mass is 333 g/mol. The molecule has 0 amide bonds. The molecule has 0 fully saturated rings. The molecule has 1 aliphatic rings. The summed E-state index contributed by atoms with van der Waals surface area (Å²) in [5.74, 6) is 0. The van der Waals surface area contributed by atoms with E-state index in [0.717, 1.165) is 40.6 Å². The highest BCUT2D eigenvalue weighted by molar-refractivity contribution is 6.01. The average molecular weight is 333 g/mol. The zero-order chi connectivity index (χ0) is 17.0. The molecule has 0 aromatic carbocycles. The van der Waals surface area contributed by atoms with Crippen molar-refractivity contribution in [2.75, 3.05) is 7.11 Å². The van der Waals surface area contributed by atoms with Crippen LogP contribution < -0.4 is 4.74 Å². The summed E-state index contributed by atoms with van der Waals surface area (Å²) in [6.45, 7) is 0.688. The third kappa shape index (κ3) is 1.96. The van der Waals surface area contributed by atoms with Gasteiger partial charge < -0.3 is 9.72 Å². The summed E-state index contributed by atoms with van der Waals surface area (Å²) >= 11 is 0. The minimum atomic E-state index is 0.152. The number of ether oxygens (including phenoxy) is 1. The van der Waals surface area contributed by atoms with Crippen LogP contribution in [0.3, 0.4) is 0 Å². The molecular formula is C17H15N7O. The van der Waals surface area contributed by atoms with Crippen molar-refractivity contribution >= 4 is 22.1 Å². The number of aromatic amines is 1. The summed E-state index contributed by atoms with van der Waals surface area (Å²) in [7, 11) is 1.63. The zero-order valence-corrected chi connectivity index (χ0v) is 13.6. The number of pyridine rings is 1. The molecule has 0 unspecified atom stereocenters. The average Bonchev–Trinajstić information content (AvgIpc) is 3.34. The number of imidazole rings is 1. The Morgan fingerprint density at radius 1 is 1.44 bits per heavy atom. The number of aromatic nitrogens is 6. The molecule has 124 valence electrons. The van der Waals surface area contributed by atoms with Crippen LogP contribution >= 0.6 is 0 Å². The molecule has 0 radical (unpaired) electrons. The predicted octanol–water partition coefficient (Wildman–Crippen LogP) is 2.18. The van der Waals surface area contributed by atoms with Gasteiger partial charge in [-0.05, 0) is 25.0 Å². The van der Waals surface area contributed by atoms with Crippen molar-refractivity contribution in [1.29, 1.82) is 5.26 Å². The lowest BCUT2D eigenvalue weighted by Gasteiger charge is -2.26. The topological polar surface area (TPSA) is 97.3 Å². The Kier molecular flexibility index (Phi) is 2.85. The molecule has 0 saturated carbocycles. The Labute approximate surface area is 142 Å². The van der Waals surface area contributed by atoms with Gasteiger partial charge in [-0.1, -0.05) is 0 Å². The second-order valence-corrected chi connectivity index (χ2v) is 6.21. The molecule has 0 bridgehead atoms. The lowest BCUT2D eigenvalue weighted by atomic mass is 10.0. The van der Waals surface area contributed by atoms with Crippen molar-refractivity contribution in [3.8, 4) is 12.1 Å². The first kappa shape index (κ1) is 14.0. The van der Waals surface area contributed by atoms with Gasteiger partial charge in [0.1, 0.15) is 17.2 Å². The van der Waals surface area contributed by atoms with Crippen LogP contribution in [0.5, 0.6) is 6.01 Å². The van der Waals surface area contributed by atoms with Crippen LogP contribution in [0.1, 0.15) is 23.9 Å². The summed E-state index contributed by atoms with van der Waals surface area (Å²) in [6, 6.07) is 6.73. The van der Waals surface area contributed by atoms with E-state index in [1.165, 1.54) is 0 Å². The van der Waals surface area contributed by atoms with E-state index in [9.17, 15) is 0 Å². The Morgan fingerprint density at radius 3 is 3.20 bits per heavy atom. The molecule has 1 atom stereocenters. The second kappa shape index (κ2) is 5.08. The van der Waals surface area contributed by atoms with Crippen LogP contribution in [-0.4, -0.2) is 36.4 Å². The normalized spacial score (nSPS) is 16.9. The van der Waals surface area contributed by atoms with Gasteiger partial charge in [-0.2, -0.15) is 15.3 Å². The summed E-state index contributed by atoms with van der Waals surface area (Å²) in [5, 5.41) is 14.5. The van der Waals surface area contributed by atoms with E-state index >= 15 is 0 Å². The van der Waals surface area contributed by atoms with Gasteiger partial charge in [0.15, 0.2) is 5.69 Å². The van der Waals surface area contributed by atoms with Crippen molar-refractivity contribution in [3.63, 3.8) is 0 Å². The SMILES string of the molecule is COc1nc2cnc3[nH]ccc3c2n1[C@@H]1CCc2cc(C#N)nn2C1. The third-order valence-corrected chi connectivity index (χ3v) is 4.84. The van der Waals surface area contributed by atoms with Gasteiger partial charge in [0, 0.05) is 17.3 Å². The molecule has 5 heterocycles. The molecule has 4 aromatic heterocycles. The smallest absolute Gasteiger partial charge is 0.297 e. The van der Waals surface area contributed by atoms with E-state index in [1.54, 1.807) is 13.3 Å². The number of rotatable bonds is 2. The number of hydrogen-bond donors (Lipinski definition) is 1. The highest BCUT2D eigenvalue weighted by Gasteiger charge is 2.27. The summed E-state index contributed by atoms with van der Waals surface area (Å²) in [4.78, 5) is 12.2. The van der Waals surface area contributed by atoms with E-state index in [2.05, 4.69) is 30.7 Å². The number of methoxy groups -OCH3 is 1.